The Hall–Kier alpha value is -3.36. The number of benzene rings is 3. The van der Waals surface area contributed by atoms with Crippen molar-refractivity contribution in [3.8, 4) is 0 Å². The van der Waals surface area contributed by atoms with Crippen LogP contribution in [-0.2, 0) is 20.9 Å². The van der Waals surface area contributed by atoms with Gasteiger partial charge >= 0.3 is 17.9 Å². The summed E-state index contributed by atoms with van der Waals surface area (Å²) < 4.78 is 0. The summed E-state index contributed by atoms with van der Waals surface area (Å²) >= 11 is 0.846. The second kappa shape index (κ2) is 10.1. The standard InChI is InChI=1S/C23H21NO6S/c25-21(26)18(19(22(27)28)24-13-14-7-2-1-3-8-14)20(23(29)30)31-17-12-6-10-15-9-4-5-11-16(15)17/h1-12,18-20,24H,13H2,(H,25,26)(H,27,28)(H,29,30). The molecular formula is C23H21NO6S. The maximum absolute atomic E-state index is 12.1. The molecular weight excluding hydrogens is 418 g/mol. The number of carboxylic acids is 3. The molecule has 3 aromatic carbocycles. The van der Waals surface area contributed by atoms with Crippen molar-refractivity contribution in [2.75, 3.05) is 0 Å². The van der Waals surface area contributed by atoms with E-state index in [1.54, 1.807) is 48.5 Å². The van der Waals surface area contributed by atoms with Crippen LogP contribution in [0.5, 0.6) is 0 Å². The molecule has 7 nitrogen and oxygen atoms in total. The summed E-state index contributed by atoms with van der Waals surface area (Å²) in [5.41, 5.74) is 0.756. The quantitative estimate of drug-likeness (QED) is 0.355. The van der Waals surface area contributed by atoms with E-state index in [0.29, 0.717) is 4.90 Å². The Kier molecular flexibility index (Phi) is 7.28. The minimum atomic E-state index is -1.71. The van der Waals surface area contributed by atoms with Crippen LogP contribution in [0.4, 0.5) is 0 Å². The average Bonchev–Trinajstić information content (AvgIpc) is 2.75. The number of carboxylic acid groups (broad SMARTS) is 3. The molecule has 3 rings (SSSR count). The Balaban J connectivity index is 1.93. The largest absolute Gasteiger partial charge is 0.481 e. The number of carbonyl (C=O) groups is 3. The van der Waals surface area contributed by atoms with Crippen molar-refractivity contribution in [2.45, 2.75) is 22.7 Å². The lowest BCUT2D eigenvalue weighted by Gasteiger charge is -2.26. The van der Waals surface area contributed by atoms with Gasteiger partial charge in [-0.1, -0.05) is 66.7 Å². The molecule has 160 valence electrons. The first-order chi connectivity index (χ1) is 14.9. The van der Waals surface area contributed by atoms with Gasteiger partial charge in [0, 0.05) is 11.4 Å². The SMILES string of the molecule is O=C(O)C(NCc1ccccc1)C(C(=O)O)C(Sc1cccc2ccccc12)C(=O)O. The van der Waals surface area contributed by atoms with Gasteiger partial charge in [0.1, 0.15) is 17.2 Å². The van der Waals surface area contributed by atoms with Gasteiger partial charge in [-0.25, -0.2) is 0 Å². The zero-order valence-corrected chi connectivity index (χ0v) is 17.2. The van der Waals surface area contributed by atoms with Crippen LogP contribution in [0.2, 0.25) is 0 Å². The maximum Gasteiger partial charge on any atom is 0.321 e. The molecule has 3 unspecified atom stereocenters. The van der Waals surface area contributed by atoms with Crippen molar-refractivity contribution in [3.63, 3.8) is 0 Å². The Bertz CT molecular complexity index is 1080. The molecule has 0 saturated heterocycles. The van der Waals surface area contributed by atoms with E-state index in [-0.39, 0.29) is 6.54 Å². The predicted octanol–water partition coefficient (Wildman–Crippen LogP) is 3.33. The first kappa shape index (κ1) is 22.3. The van der Waals surface area contributed by atoms with Crippen molar-refractivity contribution >= 4 is 40.4 Å². The third-order valence-electron chi connectivity index (χ3n) is 4.85. The van der Waals surface area contributed by atoms with Gasteiger partial charge in [0.05, 0.1) is 0 Å². The number of fused-ring (bicyclic) bond motifs is 1. The highest BCUT2D eigenvalue weighted by atomic mass is 32.2. The molecule has 0 amide bonds. The van der Waals surface area contributed by atoms with Gasteiger partial charge in [-0.3, -0.25) is 19.7 Å². The summed E-state index contributed by atoms with van der Waals surface area (Å²) in [6.07, 6.45) is 0. The van der Waals surface area contributed by atoms with E-state index >= 15 is 0 Å². The van der Waals surface area contributed by atoms with E-state index in [2.05, 4.69) is 5.32 Å². The molecule has 31 heavy (non-hydrogen) atoms. The Morgan fingerprint density at radius 1 is 0.774 bits per heavy atom. The fourth-order valence-corrected chi connectivity index (χ4v) is 4.62. The normalized spacial score (nSPS) is 13.9. The summed E-state index contributed by atoms with van der Waals surface area (Å²) in [6.45, 7) is 0.0901. The van der Waals surface area contributed by atoms with Gasteiger partial charge in [0.25, 0.3) is 0 Å². The third kappa shape index (κ3) is 5.42. The molecule has 4 N–H and O–H groups in total. The minimum absolute atomic E-state index is 0.0901. The zero-order chi connectivity index (χ0) is 22.4. The van der Waals surface area contributed by atoms with Gasteiger partial charge in [-0.2, -0.15) is 0 Å². The summed E-state index contributed by atoms with van der Waals surface area (Å²) in [5, 5.41) is 32.2. The van der Waals surface area contributed by atoms with Crippen molar-refractivity contribution in [1.82, 2.24) is 5.32 Å². The average molecular weight is 439 g/mol. The van der Waals surface area contributed by atoms with Gasteiger partial charge in [0.15, 0.2) is 0 Å². The summed E-state index contributed by atoms with van der Waals surface area (Å²) in [4.78, 5) is 36.7. The fraction of sp³-hybridized carbons (Fsp3) is 0.174. The van der Waals surface area contributed by atoms with Crippen LogP contribution in [0.1, 0.15) is 5.56 Å². The molecule has 0 saturated carbocycles. The van der Waals surface area contributed by atoms with Crippen LogP contribution < -0.4 is 5.32 Å². The molecule has 0 spiro atoms. The van der Waals surface area contributed by atoms with Crippen molar-refractivity contribution in [1.29, 1.82) is 0 Å². The Morgan fingerprint density at radius 3 is 2.06 bits per heavy atom. The van der Waals surface area contributed by atoms with Gasteiger partial charge in [-0.15, -0.1) is 11.8 Å². The highest BCUT2D eigenvalue weighted by molar-refractivity contribution is 8.00. The number of hydrogen-bond acceptors (Lipinski definition) is 5. The minimum Gasteiger partial charge on any atom is -0.481 e. The molecule has 0 aliphatic carbocycles. The number of hydrogen-bond donors (Lipinski definition) is 4. The zero-order valence-electron chi connectivity index (χ0n) is 16.3. The molecule has 0 fully saturated rings. The van der Waals surface area contributed by atoms with Crippen molar-refractivity contribution in [3.05, 3.63) is 78.4 Å². The topological polar surface area (TPSA) is 124 Å². The van der Waals surface area contributed by atoms with E-state index < -0.39 is 35.1 Å². The monoisotopic (exact) mass is 439 g/mol. The van der Waals surface area contributed by atoms with E-state index in [0.717, 1.165) is 28.1 Å². The highest BCUT2D eigenvalue weighted by Crippen LogP contribution is 2.35. The van der Waals surface area contributed by atoms with E-state index in [1.807, 2.05) is 24.3 Å². The molecule has 3 atom stereocenters. The summed E-state index contributed by atoms with van der Waals surface area (Å²) in [5.74, 6) is -6.01. The van der Waals surface area contributed by atoms with Gasteiger partial charge < -0.3 is 15.3 Å². The van der Waals surface area contributed by atoms with Gasteiger partial charge in [-0.05, 0) is 22.4 Å². The molecule has 0 aliphatic rings. The first-order valence-electron chi connectivity index (χ1n) is 9.48. The van der Waals surface area contributed by atoms with E-state index in [9.17, 15) is 29.7 Å². The number of aliphatic carboxylic acids is 3. The molecule has 0 aromatic heterocycles. The summed E-state index contributed by atoms with van der Waals surface area (Å²) in [6, 6.07) is 19.9. The predicted molar refractivity (Wildman–Crippen MR) is 117 cm³/mol. The van der Waals surface area contributed by atoms with Crippen molar-refractivity contribution in [2.24, 2.45) is 5.92 Å². The molecule has 0 heterocycles. The molecule has 0 radical (unpaired) electrons. The van der Waals surface area contributed by atoms with Crippen LogP contribution >= 0.6 is 11.8 Å². The van der Waals surface area contributed by atoms with Crippen LogP contribution in [0.3, 0.4) is 0 Å². The third-order valence-corrected chi connectivity index (χ3v) is 6.21. The van der Waals surface area contributed by atoms with Crippen molar-refractivity contribution < 1.29 is 29.7 Å². The van der Waals surface area contributed by atoms with Gasteiger partial charge in [0.2, 0.25) is 0 Å². The van der Waals surface area contributed by atoms with E-state index in [1.165, 1.54) is 0 Å². The number of nitrogens with one attached hydrogen (secondary N) is 1. The summed E-state index contributed by atoms with van der Waals surface area (Å²) in [7, 11) is 0. The molecule has 0 bridgehead atoms. The van der Waals surface area contributed by atoms with Crippen LogP contribution in [0.25, 0.3) is 10.8 Å². The van der Waals surface area contributed by atoms with Crippen LogP contribution in [0.15, 0.2) is 77.7 Å². The number of rotatable bonds is 10. The second-order valence-electron chi connectivity index (χ2n) is 6.90. The van der Waals surface area contributed by atoms with Crippen LogP contribution in [0, 0.1) is 5.92 Å². The lowest BCUT2D eigenvalue weighted by Crippen LogP contribution is -2.51. The fourth-order valence-electron chi connectivity index (χ4n) is 3.35. The van der Waals surface area contributed by atoms with Crippen LogP contribution in [-0.4, -0.2) is 44.5 Å². The number of thioether (sulfide) groups is 1. The molecule has 3 aromatic rings. The first-order valence-corrected chi connectivity index (χ1v) is 10.4. The molecule has 0 aliphatic heterocycles. The second-order valence-corrected chi connectivity index (χ2v) is 8.08. The maximum atomic E-state index is 12.1. The Morgan fingerprint density at radius 2 is 1.42 bits per heavy atom. The smallest absolute Gasteiger partial charge is 0.321 e. The Labute approximate surface area is 182 Å². The molecule has 8 heteroatoms. The van der Waals surface area contributed by atoms with E-state index in [4.69, 9.17) is 0 Å². The lowest BCUT2D eigenvalue weighted by atomic mass is 9.95. The highest BCUT2D eigenvalue weighted by Gasteiger charge is 2.44. The lowest BCUT2D eigenvalue weighted by molar-refractivity contribution is -0.154.